The van der Waals surface area contributed by atoms with Crippen molar-refractivity contribution >= 4 is 0 Å². The highest BCUT2D eigenvalue weighted by Gasteiger charge is 2.48. The predicted molar refractivity (Wildman–Crippen MR) is 85.0 cm³/mol. The summed E-state index contributed by atoms with van der Waals surface area (Å²) in [4.78, 5) is 0. The third-order valence-electron chi connectivity index (χ3n) is 4.67. The zero-order chi connectivity index (χ0) is 14.4. The van der Waals surface area contributed by atoms with E-state index in [4.69, 9.17) is 4.74 Å². The molecule has 0 heterocycles. The van der Waals surface area contributed by atoms with Crippen LogP contribution in [0.5, 0.6) is 0 Å². The van der Waals surface area contributed by atoms with Gasteiger partial charge in [0.1, 0.15) is 0 Å². The van der Waals surface area contributed by atoms with Crippen molar-refractivity contribution in [2.24, 2.45) is 5.41 Å². The van der Waals surface area contributed by atoms with Crippen molar-refractivity contribution in [1.82, 2.24) is 5.32 Å². The average molecular weight is 275 g/mol. The molecule has 2 unspecified atom stereocenters. The summed E-state index contributed by atoms with van der Waals surface area (Å²) in [5, 5.41) is 3.70. The molecule has 0 radical (unpaired) electrons. The second-order valence-corrected chi connectivity index (χ2v) is 6.45. The second-order valence-electron chi connectivity index (χ2n) is 6.45. The van der Waals surface area contributed by atoms with Gasteiger partial charge in [-0.2, -0.15) is 0 Å². The van der Waals surface area contributed by atoms with Crippen molar-refractivity contribution in [2.75, 3.05) is 13.2 Å². The molecule has 2 nitrogen and oxygen atoms in total. The van der Waals surface area contributed by atoms with Gasteiger partial charge in [0.15, 0.2) is 0 Å². The van der Waals surface area contributed by atoms with E-state index in [1.807, 2.05) is 0 Å². The first kappa shape index (κ1) is 15.5. The molecule has 0 aromatic heterocycles. The Morgan fingerprint density at radius 1 is 1.20 bits per heavy atom. The average Bonchev–Trinajstić information content (AvgIpc) is 2.46. The van der Waals surface area contributed by atoms with Crippen LogP contribution in [0.1, 0.15) is 45.6 Å². The summed E-state index contributed by atoms with van der Waals surface area (Å²) in [5.74, 6) is 0. The molecule has 0 saturated heterocycles. The molecule has 1 aliphatic carbocycles. The fourth-order valence-electron chi connectivity index (χ4n) is 3.09. The Labute approximate surface area is 123 Å². The van der Waals surface area contributed by atoms with Gasteiger partial charge in [0.05, 0.1) is 6.10 Å². The third kappa shape index (κ3) is 3.83. The van der Waals surface area contributed by atoms with Gasteiger partial charge in [-0.15, -0.1) is 0 Å². The zero-order valence-corrected chi connectivity index (χ0v) is 13.2. The molecule has 2 atom stereocenters. The van der Waals surface area contributed by atoms with Gasteiger partial charge >= 0.3 is 0 Å². The summed E-state index contributed by atoms with van der Waals surface area (Å²) in [6.07, 6.45) is 5.31. The molecule has 1 saturated carbocycles. The van der Waals surface area contributed by atoms with Crippen LogP contribution in [-0.2, 0) is 11.2 Å². The van der Waals surface area contributed by atoms with Crippen molar-refractivity contribution < 1.29 is 4.74 Å². The lowest BCUT2D eigenvalue weighted by Crippen LogP contribution is -2.61. The number of nitrogens with one attached hydrogen (secondary N) is 1. The number of benzene rings is 1. The number of hydrogen-bond donors (Lipinski definition) is 1. The van der Waals surface area contributed by atoms with Crippen molar-refractivity contribution in [3.8, 4) is 0 Å². The van der Waals surface area contributed by atoms with Crippen LogP contribution in [0.15, 0.2) is 30.3 Å². The smallest absolute Gasteiger partial charge is 0.0655 e. The van der Waals surface area contributed by atoms with Crippen LogP contribution in [0.3, 0.4) is 0 Å². The molecular weight excluding hydrogens is 246 g/mol. The van der Waals surface area contributed by atoms with Gasteiger partial charge < -0.3 is 10.1 Å². The van der Waals surface area contributed by atoms with E-state index in [-0.39, 0.29) is 5.41 Å². The number of hydrogen-bond acceptors (Lipinski definition) is 2. The Morgan fingerprint density at radius 2 is 1.95 bits per heavy atom. The summed E-state index contributed by atoms with van der Waals surface area (Å²) in [6.45, 7) is 8.68. The topological polar surface area (TPSA) is 21.3 Å². The molecule has 1 aromatic rings. The Kier molecular flexibility index (Phi) is 5.62. The molecule has 20 heavy (non-hydrogen) atoms. The quantitative estimate of drug-likeness (QED) is 0.729. The highest BCUT2D eigenvalue weighted by molar-refractivity contribution is 5.14. The zero-order valence-electron chi connectivity index (χ0n) is 13.2. The minimum absolute atomic E-state index is 0.287. The molecule has 0 aliphatic heterocycles. The molecule has 0 amide bonds. The van der Waals surface area contributed by atoms with Crippen molar-refractivity contribution in [1.29, 1.82) is 0 Å². The Bertz CT molecular complexity index is 388. The molecular formula is C18H29NO. The van der Waals surface area contributed by atoms with Crippen LogP contribution in [0, 0.1) is 5.41 Å². The first-order chi connectivity index (χ1) is 9.64. The number of aryl methyl sites for hydroxylation is 1. The van der Waals surface area contributed by atoms with Crippen LogP contribution in [0.2, 0.25) is 0 Å². The van der Waals surface area contributed by atoms with Gasteiger partial charge in [-0.25, -0.2) is 0 Å². The molecule has 2 heteroatoms. The largest absolute Gasteiger partial charge is 0.378 e. The summed E-state index contributed by atoms with van der Waals surface area (Å²) in [6, 6.07) is 11.4. The van der Waals surface area contributed by atoms with Gasteiger partial charge in [0.2, 0.25) is 0 Å². The predicted octanol–water partition coefficient (Wildman–Crippen LogP) is 3.80. The summed E-state index contributed by atoms with van der Waals surface area (Å²) in [5.41, 5.74) is 1.74. The lowest BCUT2D eigenvalue weighted by molar-refractivity contribution is -0.113. The summed E-state index contributed by atoms with van der Waals surface area (Å²) >= 11 is 0. The molecule has 0 bridgehead atoms. The molecule has 1 aliphatic rings. The first-order valence-electron chi connectivity index (χ1n) is 8.03. The normalized spacial score (nSPS) is 24.4. The molecule has 2 rings (SSSR count). The van der Waals surface area contributed by atoms with E-state index in [1.165, 1.54) is 31.2 Å². The van der Waals surface area contributed by atoms with Gasteiger partial charge in [0.25, 0.3) is 0 Å². The standard InChI is InChI=1S/C18H29NO/c1-4-20-17-14-16(18(17,2)3)19-13-9-8-12-15-10-6-5-7-11-15/h5-7,10-11,16-17,19H,4,8-9,12-14H2,1-3H3. The molecule has 112 valence electrons. The van der Waals surface area contributed by atoms with Crippen LogP contribution >= 0.6 is 0 Å². The molecule has 1 aromatic carbocycles. The Balaban J connectivity index is 1.58. The van der Waals surface area contributed by atoms with Crippen molar-refractivity contribution in [2.45, 2.75) is 58.6 Å². The SMILES string of the molecule is CCOC1CC(NCCCCc2ccccc2)C1(C)C. The number of rotatable bonds is 8. The van der Waals surface area contributed by atoms with Gasteiger partial charge in [-0.3, -0.25) is 0 Å². The first-order valence-corrected chi connectivity index (χ1v) is 8.03. The van der Waals surface area contributed by atoms with Crippen LogP contribution in [-0.4, -0.2) is 25.3 Å². The minimum atomic E-state index is 0.287. The number of ether oxygens (including phenoxy) is 1. The van der Waals surface area contributed by atoms with E-state index in [9.17, 15) is 0 Å². The van der Waals surface area contributed by atoms with E-state index in [2.05, 4.69) is 56.4 Å². The van der Waals surface area contributed by atoms with Gasteiger partial charge in [0, 0.05) is 18.1 Å². The fraction of sp³-hybridized carbons (Fsp3) is 0.667. The number of unbranched alkanes of at least 4 members (excludes halogenated alkanes) is 1. The van der Waals surface area contributed by atoms with Crippen molar-refractivity contribution in [3.63, 3.8) is 0 Å². The Hall–Kier alpha value is -0.860. The van der Waals surface area contributed by atoms with E-state index < -0.39 is 0 Å². The van der Waals surface area contributed by atoms with E-state index in [0.29, 0.717) is 12.1 Å². The minimum Gasteiger partial charge on any atom is -0.378 e. The lowest BCUT2D eigenvalue weighted by atomic mass is 9.64. The second kappa shape index (κ2) is 7.24. The van der Waals surface area contributed by atoms with Gasteiger partial charge in [-0.1, -0.05) is 44.2 Å². The molecule has 1 fully saturated rings. The van der Waals surface area contributed by atoms with E-state index in [1.54, 1.807) is 0 Å². The van der Waals surface area contributed by atoms with Crippen LogP contribution < -0.4 is 5.32 Å². The highest BCUT2D eigenvalue weighted by atomic mass is 16.5. The van der Waals surface area contributed by atoms with Crippen molar-refractivity contribution in [3.05, 3.63) is 35.9 Å². The maximum Gasteiger partial charge on any atom is 0.0655 e. The van der Waals surface area contributed by atoms with Crippen LogP contribution in [0.4, 0.5) is 0 Å². The monoisotopic (exact) mass is 275 g/mol. The van der Waals surface area contributed by atoms with E-state index >= 15 is 0 Å². The maximum atomic E-state index is 5.77. The third-order valence-corrected chi connectivity index (χ3v) is 4.67. The summed E-state index contributed by atoms with van der Waals surface area (Å²) in [7, 11) is 0. The maximum absolute atomic E-state index is 5.77. The Morgan fingerprint density at radius 3 is 2.60 bits per heavy atom. The molecule has 1 N–H and O–H groups in total. The lowest BCUT2D eigenvalue weighted by Gasteiger charge is -2.52. The van der Waals surface area contributed by atoms with Crippen LogP contribution in [0.25, 0.3) is 0 Å². The summed E-state index contributed by atoms with van der Waals surface area (Å²) < 4.78 is 5.77. The highest BCUT2D eigenvalue weighted by Crippen LogP contribution is 2.42. The van der Waals surface area contributed by atoms with E-state index in [0.717, 1.165) is 13.2 Å². The fourth-order valence-corrected chi connectivity index (χ4v) is 3.09. The van der Waals surface area contributed by atoms with Gasteiger partial charge in [-0.05, 0) is 44.7 Å². The molecule has 0 spiro atoms.